The van der Waals surface area contributed by atoms with Crippen LogP contribution < -0.4 is 15.5 Å². The van der Waals surface area contributed by atoms with Gasteiger partial charge in [0.25, 0.3) is 5.91 Å². The van der Waals surface area contributed by atoms with Crippen LogP contribution in [0.5, 0.6) is 0 Å². The molecule has 1 amide bonds. The summed E-state index contributed by atoms with van der Waals surface area (Å²) >= 11 is 2.53. The van der Waals surface area contributed by atoms with Gasteiger partial charge in [0.15, 0.2) is 0 Å². The number of thiophene rings is 1. The SMILES string of the molecule is O=C1c2sc(-c3nc(Nc4ccc(N5CCNC(CO)C5)cc4C4CC4)ncc3C(F)(F)F)cc2SCCN1C1COC1. The first kappa shape index (κ1) is 28.8. The Morgan fingerprint density at radius 3 is 2.74 bits per heavy atom. The molecule has 228 valence electrons. The molecule has 3 aliphatic heterocycles. The van der Waals surface area contributed by atoms with Crippen LogP contribution in [0.1, 0.15) is 39.6 Å². The molecule has 3 aromatic rings. The predicted octanol–water partition coefficient (Wildman–Crippen LogP) is 4.56. The number of amides is 1. The first-order valence-electron chi connectivity index (χ1n) is 14.4. The molecule has 3 N–H and O–H groups in total. The van der Waals surface area contributed by atoms with Crippen LogP contribution in [0.4, 0.5) is 30.5 Å². The summed E-state index contributed by atoms with van der Waals surface area (Å²) in [7, 11) is 0. The van der Waals surface area contributed by atoms with Crippen LogP contribution in [0.15, 0.2) is 35.4 Å². The largest absolute Gasteiger partial charge is 0.420 e. The number of aliphatic hydroxyl groups excluding tert-OH is 1. The van der Waals surface area contributed by atoms with Crippen molar-refractivity contribution in [3.63, 3.8) is 0 Å². The van der Waals surface area contributed by atoms with Crippen LogP contribution in [0.25, 0.3) is 10.6 Å². The minimum absolute atomic E-state index is 0.0000679. The number of nitrogens with one attached hydrogen (secondary N) is 2. The smallest absolute Gasteiger partial charge is 0.395 e. The number of alkyl halides is 3. The van der Waals surface area contributed by atoms with Crippen molar-refractivity contribution in [1.29, 1.82) is 0 Å². The fraction of sp³-hybridized carbons (Fsp3) is 0.483. The van der Waals surface area contributed by atoms with Crippen molar-refractivity contribution < 1.29 is 27.8 Å². The van der Waals surface area contributed by atoms with Gasteiger partial charge in [-0.25, -0.2) is 9.97 Å². The van der Waals surface area contributed by atoms with Gasteiger partial charge >= 0.3 is 6.18 Å². The number of anilines is 3. The molecular formula is C29H31F3N6O3S2. The minimum atomic E-state index is -4.67. The van der Waals surface area contributed by atoms with E-state index in [1.807, 2.05) is 12.1 Å². The molecule has 1 aliphatic carbocycles. The normalized spacial score (nSPS) is 21.4. The van der Waals surface area contributed by atoms with Crippen LogP contribution in [-0.2, 0) is 10.9 Å². The lowest BCUT2D eigenvalue weighted by atomic mass is 10.1. The number of ether oxygens (including phenoxy) is 1. The van der Waals surface area contributed by atoms with E-state index in [0.717, 1.165) is 60.4 Å². The molecule has 1 aromatic carbocycles. The Hall–Kier alpha value is -2.91. The Bertz CT molecular complexity index is 1530. The maximum atomic E-state index is 14.2. The van der Waals surface area contributed by atoms with Crippen molar-refractivity contribution in [2.75, 3.05) is 62.0 Å². The Balaban J connectivity index is 1.20. The monoisotopic (exact) mass is 632 g/mol. The van der Waals surface area contributed by atoms with Crippen LogP contribution >= 0.6 is 23.1 Å². The average Bonchev–Trinajstić information content (AvgIpc) is 3.75. The topological polar surface area (TPSA) is 103 Å². The van der Waals surface area contributed by atoms with E-state index in [4.69, 9.17) is 4.74 Å². The lowest BCUT2D eigenvalue weighted by molar-refractivity contribution is -0.137. The summed E-state index contributed by atoms with van der Waals surface area (Å²) < 4.78 is 47.8. The summed E-state index contributed by atoms with van der Waals surface area (Å²) in [6.45, 7) is 3.87. The number of aliphatic hydroxyl groups is 1. The molecule has 1 atom stereocenters. The molecule has 1 unspecified atom stereocenters. The van der Waals surface area contributed by atoms with Gasteiger partial charge in [-0.05, 0) is 48.6 Å². The predicted molar refractivity (Wildman–Crippen MR) is 160 cm³/mol. The van der Waals surface area contributed by atoms with E-state index in [1.165, 1.54) is 11.8 Å². The van der Waals surface area contributed by atoms with Gasteiger partial charge in [-0.15, -0.1) is 23.1 Å². The highest BCUT2D eigenvalue weighted by Crippen LogP contribution is 2.46. The summed E-state index contributed by atoms with van der Waals surface area (Å²) in [6.07, 6.45) is -1.77. The van der Waals surface area contributed by atoms with Crippen molar-refractivity contribution >= 4 is 46.3 Å². The molecular weight excluding hydrogens is 601 g/mol. The number of rotatable bonds is 7. The summed E-state index contributed by atoms with van der Waals surface area (Å²) in [5.74, 6) is 0.904. The number of halogens is 3. The second kappa shape index (κ2) is 11.5. The Morgan fingerprint density at radius 2 is 2.02 bits per heavy atom. The van der Waals surface area contributed by atoms with Crippen molar-refractivity contribution in [3.05, 3.63) is 46.5 Å². The fourth-order valence-electron chi connectivity index (χ4n) is 5.72. The van der Waals surface area contributed by atoms with Crippen molar-refractivity contribution in [2.24, 2.45) is 0 Å². The molecule has 1 saturated carbocycles. The molecule has 0 spiro atoms. The quantitative estimate of drug-likeness (QED) is 0.346. The second-order valence-electron chi connectivity index (χ2n) is 11.2. The molecule has 14 heteroatoms. The van der Waals surface area contributed by atoms with Crippen LogP contribution in [0.3, 0.4) is 0 Å². The van der Waals surface area contributed by atoms with E-state index in [2.05, 4.69) is 31.6 Å². The highest BCUT2D eigenvalue weighted by atomic mass is 32.2. The third kappa shape index (κ3) is 5.82. The number of nitrogens with zero attached hydrogens (tertiary/aromatic N) is 4. The summed E-state index contributed by atoms with van der Waals surface area (Å²) in [6, 6.07) is 7.70. The minimum Gasteiger partial charge on any atom is -0.395 e. The number of benzene rings is 1. The van der Waals surface area contributed by atoms with Crippen LogP contribution in [-0.4, -0.2) is 89.7 Å². The maximum absolute atomic E-state index is 14.2. The van der Waals surface area contributed by atoms with Crippen molar-refractivity contribution in [3.8, 4) is 10.6 Å². The number of hydrogen-bond donors (Lipinski definition) is 3. The maximum Gasteiger partial charge on any atom is 0.420 e. The molecule has 9 nitrogen and oxygen atoms in total. The molecule has 5 heterocycles. The third-order valence-electron chi connectivity index (χ3n) is 8.27. The number of aromatic nitrogens is 2. The number of thioether (sulfide) groups is 1. The van der Waals surface area contributed by atoms with Crippen LogP contribution in [0, 0.1) is 0 Å². The van der Waals surface area contributed by atoms with E-state index in [-0.39, 0.29) is 41.1 Å². The highest BCUT2D eigenvalue weighted by Gasteiger charge is 2.38. The lowest BCUT2D eigenvalue weighted by Crippen LogP contribution is -2.52. The zero-order chi connectivity index (χ0) is 29.7. The molecule has 0 radical (unpaired) electrons. The lowest BCUT2D eigenvalue weighted by Gasteiger charge is -2.36. The zero-order valence-electron chi connectivity index (χ0n) is 23.2. The average molecular weight is 633 g/mol. The number of fused-ring (bicyclic) bond motifs is 1. The molecule has 43 heavy (non-hydrogen) atoms. The van der Waals surface area contributed by atoms with E-state index < -0.39 is 11.7 Å². The van der Waals surface area contributed by atoms with Gasteiger partial charge in [0.2, 0.25) is 5.95 Å². The Labute approximate surface area is 254 Å². The molecule has 4 aliphatic rings. The third-order valence-corrected chi connectivity index (χ3v) is 10.6. The van der Waals surface area contributed by atoms with E-state index >= 15 is 0 Å². The fourth-order valence-corrected chi connectivity index (χ4v) is 8.03. The Morgan fingerprint density at radius 1 is 1.19 bits per heavy atom. The summed E-state index contributed by atoms with van der Waals surface area (Å²) in [5, 5.41) is 16.1. The summed E-state index contributed by atoms with van der Waals surface area (Å²) in [5.41, 5.74) is 1.70. The Kier molecular flexibility index (Phi) is 7.74. The summed E-state index contributed by atoms with van der Waals surface area (Å²) in [4.78, 5) is 27.2. The van der Waals surface area contributed by atoms with Crippen molar-refractivity contribution in [2.45, 2.75) is 41.9 Å². The van der Waals surface area contributed by atoms with Gasteiger partial charge in [-0.3, -0.25) is 4.79 Å². The second-order valence-corrected chi connectivity index (χ2v) is 13.4. The van der Waals surface area contributed by atoms with Gasteiger partial charge in [0.05, 0.1) is 36.4 Å². The number of hydrogen-bond acceptors (Lipinski definition) is 10. The first-order valence-corrected chi connectivity index (χ1v) is 16.2. The standard InChI is InChI=1S/C29H31F3N6O3S2/c30-29(31,32)21-11-34-28(35-22-4-3-18(9-20(22)16-1-2-16)37-6-5-33-17(12-37)13-39)36-25(21)23-10-24-26(43-23)27(40)38(7-8-42-24)19-14-41-15-19/h3-4,9-11,16-17,19,33,39H,1-2,5-8,12-15H2,(H,34,35,36). The van der Waals surface area contributed by atoms with E-state index in [1.54, 1.807) is 11.0 Å². The number of piperazine rings is 1. The van der Waals surface area contributed by atoms with Crippen molar-refractivity contribution in [1.82, 2.24) is 20.2 Å². The molecule has 2 aromatic heterocycles. The van der Waals surface area contributed by atoms with E-state index in [9.17, 15) is 23.1 Å². The highest BCUT2D eigenvalue weighted by molar-refractivity contribution is 7.99. The van der Waals surface area contributed by atoms with Gasteiger partial charge < -0.3 is 30.3 Å². The van der Waals surface area contributed by atoms with E-state index in [0.29, 0.717) is 47.7 Å². The molecule has 0 bridgehead atoms. The molecule has 2 saturated heterocycles. The van der Waals surface area contributed by atoms with Gasteiger partial charge in [-0.2, -0.15) is 13.2 Å². The first-order chi connectivity index (χ1) is 20.8. The van der Waals surface area contributed by atoms with Gasteiger partial charge in [0, 0.05) is 60.4 Å². The van der Waals surface area contributed by atoms with Gasteiger partial charge in [-0.1, -0.05) is 0 Å². The zero-order valence-corrected chi connectivity index (χ0v) is 24.8. The molecule has 7 rings (SSSR count). The van der Waals surface area contributed by atoms with Crippen LogP contribution in [0.2, 0.25) is 0 Å². The number of carbonyl (C=O) groups excluding carboxylic acids is 1. The number of carbonyl (C=O) groups is 1. The molecule has 3 fully saturated rings. The van der Waals surface area contributed by atoms with Gasteiger partial charge in [0.1, 0.15) is 10.4 Å².